The molecule has 0 spiro atoms. The fraction of sp³-hybridized carbons (Fsp3) is 0.408. The van der Waals surface area contributed by atoms with E-state index in [1.165, 1.54) is 57.3 Å². The zero-order valence-electron chi connectivity index (χ0n) is 58.7. The van der Waals surface area contributed by atoms with Gasteiger partial charge in [0.25, 0.3) is 0 Å². The van der Waals surface area contributed by atoms with Crippen molar-refractivity contribution in [1.29, 1.82) is 0 Å². The third-order valence-electron chi connectivity index (χ3n) is 19.6. The fourth-order valence-corrected chi connectivity index (χ4v) is 13.8. The van der Waals surface area contributed by atoms with Crippen LogP contribution in [0.4, 0.5) is 71.5 Å². The van der Waals surface area contributed by atoms with Gasteiger partial charge in [0.1, 0.15) is 11.5 Å². The zero-order chi connectivity index (χ0) is 77.3. The molecule has 15 rings (SSSR count). The number of hydrogen-bond donors (Lipinski definition) is 0. The molecule has 109 heavy (non-hydrogen) atoms. The molecular weight excluding hydrogens is 1470 g/mol. The minimum Gasteiger partial charge on any atom is -0.493 e. The molecule has 4 atom stereocenters. The normalized spacial score (nSPS) is 18.9. The number of benzene rings is 7. The average molecular weight is 1540 g/mol. The van der Waals surface area contributed by atoms with Gasteiger partial charge in [-0.05, 0) is 125 Å². The minimum atomic E-state index is -4.71. The Morgan fingerprint density at radius 1 is 0.349 bits per heavy atom. The van der Waals surface area contributed by atoms with Crippen LogP contribution in [0, 0.1) is 0 Å². The molecule has 20 nitrogen and oxygen atoms in total. The van der Waals surface area contributed by atoms with Gasteiger partial charge in [0, 0.05) is 91.4 Å². The van der Waals surface area contributed by atoms with Crippen molar-refractivity contribution in [3.05, 3.63) is 190 Å². The molecule has 7 aromatic rings. The van der Waals surface area contributed by atoms with E-state index < -0.39 is 73.8 Å². The first-order valence-corrected chi connectivity index (χ1v) is 34.9. The predicted molar refractivity (Wildman–Crippen MR) is 362 cm³/mol. The number of carbonyl (C=O) groups excluding carboxylic acids is 3. The lowest BCUT2D eigenvalue weighted by Gasteiger charge is -2.39. The highest BCUT2D eigenvalue weighted by Crippen LogP contribution is 2.48. The Labute approximate surface area is 616 Å². The van der Waals surface area contributed by atoms with Gasteiger partial charge in [-0.1, -0.05) is 97.1 Å². The predicted octanol–water partition coefficient (Wildman–Crippen LogP) is 15.4. The van der Waals surface area contributed by atoms with E-state index in [1.807, 2.05) is 48.5 Å². The highest BCUT2D eigenvalue weighted by molar-refractivity contribution is 5.69. The molecule has 4 unspecified atom stereocenters. The van der Waals surface area contributed by atoms with Gasteiger partial charge in [-0.25, -0.2) is 14.4 Å². The molecule has 0 N–H and O–H groups in total. The number of halogens is 13. The van der Waals surface area contributed by atoms with E-state index in [4.69, 9.17) is 18.9 Å². The molecule has 8 heterocycles. The Bertz CT molecular complexity index is 4280. The summed E-state index contributed by atoms with van der Waals surface area (Å²) in [7, 11) is 0. The van der Waals surface area contributed by atoms with Crippen LogP contribution in [-0.4, -0.2) is 196 Å². The first-order chi connectivity index (χ1) is 51.8. The summed E-state index contributed by atoms with van der Waals surface area (Å²) in [6.07, 6.45) is -29.4. The molecule has 3 saturated heterocycles. The molecule has 582 valence electrons. The monoisotopic (exact) mass is 1540 g/mol. The highest BCUT2D eigenvalue weighted by atomic mass is 19.4. The standard InChI is InChI=1S/C28H27F3N2O4.C25H27F3N2O4.C23H19F7N2O6/c1-19(28(29,30)31)37-27(34)33-15-13-32(14-16-33)26(23-11-12-24-25(17-23)36-18-35-24)22-9-7-21(8-10-22)20-5-3-2-4-6-20;1-16(25(26,27)28)34-24(31)30-10-8-29(9-11-30)23(19-2-4-21-17(14-19)6-12-32-21)20-3-5-22-18(15-20)7-13-33-22;1-12(21(24,25)26)34-20(33)32-8-6-31(7-9-32)19(13-2-4-15-17(10-13)37-22(27,28)35-15)14-3-5-16-18(11-14)38-23(29,30)36-16/h2-12,17,19,26H,13-16,18H2,1H3;2-5,14-16,23H,6-13H2,1H3;2-5,10-12,19H,6-9H2,1H3. The Morgan fingerprint density at radius 2 is 0.651 bits per heavy atom. The van der Waals surface area contributed by atoms with Crippen molar-refractivity contribution in [2.75, 3.05) is 98.5 Å². The number of alkyl halides is 13. The largest absolute Gasteiger partial charge is 0.586 e. The number of hydrogen-bond acceptors (Lipinski definition) is 17. The van der Waals surface area contributed by atoms with Crippen molar-refractivity contribution in [1.82, 2.24) is 29.4 Å². The summed E-state index contributed by atoms with van der Waals surface area (Å²) in [4.78, 5) is 46.9. The zero-order valence-corrected chi connectivity index (χ0v) is 58.7. The Balaban J connectivity index is 0.000000144. The van der Waals surface area contributed by atoms with E-state index in [-0.39, 0.29) is 81.1 Å². The molecule has 8 aliphatic heterocycles. The first-order valence-electron chi connectivity index (χ1n) is 34.9. The first kappa shape index (κ1) is 76.9. The maximum Gasteiger partial charge on any atom is 0.586 e. The van der Waals surface area contributed by atoms with Crippen LogP contribution in [-0.2, 0) is 27.1 Å². The van der Waals surface area contributed by atoms with Gasteiger partial charge >= 0.3 is 49.4 Å². The van der Waals surface area contributed by atoms with Crippen molar-refractivity contribution in [2.45, 2.75) is 101 Å². The van der Waals surface area contributed by atoms with E-state index >= 15 is 0 Å². The van der Waals surface area contributed by atoms with Crippen LogP contribution in [0.15, 0.2) is 146 Å². The Hall–Kier alpha value is -10.3. The van der Waals surface area contributed by atoms with Gasteiger partial charge in [0.2, 0.25) is 6.79 Å². The van der Waals surface area contributed by atoms with E-state index in [9.17, 15) is 71.5 Å². The van der Waals surface area contributed by atoms with Crippen LogP contribution in [0.3, 0.4) is 0 Å². The van der Waals surface area contributed by atoms with Crippen LogP contribution < -0.4 is 37.9 Å². The number of ether oxygens (including phenoxy) is 11. The van der Waals surface area contributed by atoms with Crippen LogP contribution in [0.25, 0.3) is 11.1 Å². The minimum absolute atomic E-state index is 0.0227. The molecule has 0 bridgehead atoms. The molecule has 7 aromatic carbocycles. The number of fused-ring (bicyclic) bond motifs is 5. The van der Waals surface area contributed by atoms with Crippen LogP contribution in [0.2, 0.25) is 0 Å². The topological polar surface area (TPSA) is 172 Å². The molecule has 0 aliphatic carbocycles. The molecular formula is C76H73F13N6O14. The SMILES string of the molecule is CC(OC(=O)N1CCN(C(c2ccc(-c3ccccc3)cc2)c2ccc3c(c2)OCO3)CC1)C(F)(F)F.CC(OC(=O)N1CCN(C(c2ccc3c(c2)CCO3)c2ccc3c(c2)CCO3)CC1)C(F)(F)F.CC(OC(=O)N1CCN(C(c2ccc3c(c2)OC(F)(F)O3)c2ccc3c(c2)OC(F)(F)O3)CC1)C(F)(F)F. The number of nitrogens with zero attached hydrogens (tertiary/aromatic N) is 6. The van der Waals surface area contributed by atoms with Gasteiger partial charge in [0.15, 0.2) is 52.8 Å². The van der Waals surface area contributed by atoms with Gasteiger partial charge in [-0.15, -0.1) is 17.6 Å². The quantitative estimate of drug-likeness (QED) is 0.0787. The lowest BCUT2D eigenvalue weighted by Crippen LogP contribution is -2.51. The van der Waals surface area contributed by atoms with E-state index in [0.717, 1.165) is 83.4 Å². The molecule has 3 amide bonds. The van der Waals surface area contributed by atoms with E-state index in [2.05, 4.69) is 104 Å². The van der Waals surface area contributed by atoms with Gasteiger partial charge in [-0.2, -0.15) is 39.5 Å². The van der Waals surface area contributed by atoms with Crippen molar-refractivity contribution in [2.24, 2.45) is 0 Å². The molecule has 0 aromatic heterocycles. The summed E-state index contributed by atoms with van der Waals surface area (Å²) in [5.74, 6) is 2.30. The summed E-state index contributed by atoms with van der Waals surface area (Å²) < 4.78 is 224. The number of piperazine rings is 3. The molecule has 0 saturated carbocycles. The smallest absolute Gasteiger partial charge is 0.493 e. The molecule has 33 heteroatoms. The number of amides is 3. The van der Waals surface area contributed by atoms with Crippen LogP contribution in [0.1, 0.15) is 83.4 Å². The molecule has 0 radical (unpaired) electrons. The third kappa shape index (κ3) is 18.0. The summed E-state index contributed by atoms with van der Waals surface area (Å²) in [6.45, 7) is 7.19. The van der Waals surface area contributed by atoms with Crippen molar-refractivity contribution in [3.63, 3.8) is 0 Å². The number of rotatable bonds is 13. The van der Waals surface area contributed by atoms with Crippen molar-refractivity contribution in [3.8, 4) is 57.1 Å². The second-order valence-corrected chi connectivity index (χ2v) is 26.8. The van der Waals surface area contributed by atoms with Gasteiger partial charge < -0.3 is 66.8 Å². The maximum atomic E-state index is 13.6. The summed E-state index contributed by atoms with van der Waals surface area (Å²) in [6, 6.07) is 44.0. The molecule has 8 aliphatic rings. The Kier molecular flexibility index (Phi) is 22.1. The lowest BCUT2D eigenvalue weighted by molar-refractivity contribution is -0.287. The maximum absolute atomic E-state index is 13.6. The average Bonchev–Trinajstić information content (AvgIpc) is 0.895. The van der Waals surface area contributed by atoms with Crippen LogP contribution in [0.5, 0.6) is 46.0 Å². The van der Waals surface area contributed by atoms with Gasteiger partial charge in [-0.3, -0.25) is 14.7 Å². The third-order valence-corrected chi connectivity index (χ3v) is 19.6. The lowest BCUT2D eigenvalue weighted by atomic mass is 9.93. The van der Waals surface area contributed by atoms with E-state index in [1.54, 1.807) is 4.90 Å². The van der Waals surface area contributed by atoms with E-state index in [0.29, 0.717) is 75.1 Å². The number of carbonyl (C=O) groups is 3. The van der Waals surface area contributed by atoms with Crippen molar-refractivity contribution >= 4 is 18.3 Å². The fourth-order valence-electron chi connectivity index (χ4n) is 13.8. The van der Waals surface area contributed by atoms with Gasteiger partial charge in [0.05, 0.1) is 31.3 Å². The van der Waals surface area contributed by atoms with Crippen LogP contribution >= 0.6 is 0 Å². The molecule has 3 fully saturated rings. The second-order valence-electron chi connectivity index (χ2n) is 26.8. The Morgan fingerprint density at radius 3 is 1.03 bits per heavy atom. The second kappa shape index (κ2) is 31.4. The highest BCUT2D eigenvalue weighted by Gasteiger charge is 2.48. The summed E-state index contributed by atoms with van der Waals surface area (Å²) in [5.41, 5.74) is 9.71. The summed E-state index contributed by atoms with van der Waals surface area (Å²) >= 11 is 0. The van der Waals surface area contributed by atoms with Crippen molar-refractivity contribution < 1.29 is 124 Å². The summed E-state index contributed by atoms with van der Waals surface area (Å²) in [5, 5.41) is 0.